The van der Waals surface area contributed by atoms with Crippen LogP contribution < -0.4 is 0 Å². The van der Waals surface area contributed by atoms with Crippen molar-refractivity contribution in [1.82, 2.24) is 20.0 Å². The van der Waals surface area contributed by atoms with E-state index in [0.717, 1.165) is 19.4 Å². The standard InChI is InChI=1S/C17H22N4O3/c1-17(2,3)16(23)21-6-4-5-11(10-21)15-19-14(20-24-15)12-7-13(22)9-18-8-12/h7-9,11,22H,4-6,10H2,1-3H3. The zero-order valence-electron chi connectivity index (χ0n) is 14.2. The molecule has 1 unspecified atom stereocenters. The Kier molecular flexibility index (Phi) is 4.26. The number of hydrogen-bond donors (Lipinski definition) is 1. The summed E-state index contributed by atoms with van der Waals surface area (Å²) in [6.45, 7) is 7.15. The zero-order chi connectivity index (χ0) is 17.3. The Morgan fingerprint density at radius 2 is 2.17 bits per heavy atom. The van der Waals surface area contributed by atoms with Crippen molar-refractivity contribution >= 4 is 5.91 Å². The number of piperidine rings is 1. The van der Waals surface area contributed by atoms with Gasteiger partial charge in [0, 0.05) is 30.3 Å². The van der Waals surface area contributed by atoms with E-state index in [0.29, 0.717) is 23.8 Å². The summed E-state index contributed by atoms with van der Waals surface area (Å²) in [4.78, 5) is 22.7. The molecule has 2 aromatic rings. The minimum Gasteiger partial charge on any atom is -0.506 e. The molecule has 0 bridgehead atoms. The number of likely N-dealkylation sites (tertiary alicyclic amines) is 1. The fraction of sp³-hybridized carbons (Fsp3) is 0.529. The van der Waals surface area contributed by atoms with Crippen LogP contribution in [0.5, 0.6) is 5.75 Å². The molecule has 128 valence electrons. The van der Waals surface area contributed by atoms with E-state index in [9.17, 15) is 9.90 Å². The van der Waals surface area contributed by atoms with Gasteiger partial charge in [0.1, 0.15) is 5.75 Å². The maximum absolute atomic E-state index is 12.5. The van der Waals surface area contributed by atoms with E-state index >= 15 is 0 Å². The number of carbonyl (C=O) groups is 1. The molecule has 0 aliphatic carbocycles. The second-order valence-corrected chi connectivity index (χ2v) is 7.23. The van der Waals surface area contributed by atoms with Crippen molar-refractivity contribution in [2.45, 2.75) is 39.5 Å². The summed E-state index contributed by atoms with van der Waals surface area (Å²) in [5.74, 6) is 1.16. The number of nitrogens with zero attached hydrogens (tertiary/aromatic N) is 4. The van der Waals surface area contributed by atoms with Crippen LogP contribution >= 0.6 is 0 Å². The lowest BCUT2D eigenvalue weighted by Crippen LogP contribution is -2.44. The smallest absolute Gasteiger partial charge is 0.231 e. The second-order valence-electron chi connectivity index (χ2n) is 7.23. The zero-order valence-corrected chi connectivity index (χ0v) is 14.2. The van der Waals surface area contributed by atoms with Crippen molar-refractivity contribution in [2.24, 2.45) is 5.41 Å². The third kappa shape index (κ3) is 3.39. The van der Waals surface area contributed by atoms with E-state index in [1.807, 2.05) is 25.7 Å². The number of amides is 1. The summed E-state index contributed by atoms with van der Waals surface area (Å²) in [5, 5.41) is 13.5. The predicted octanol–water partition coefficient (Wildman–Crippen LogP) is 2.59. The monoisotopic (exact) mass is 330 g/mol. The van der Waals surface area contributed by atoms with Crippen molar-refractivity contribution in [3.05, 3.63) is 24.4 Å². The highest BCUT2D eigenvalue weighted by atomic mass is 16.5. The SMILES string of the molecule is CC(C)(C)C(=O)N1CCCC(c2nc(-c3cncc(O)c3)no2)C1. The molecule has 3 rings (SSSR count). The van der Waals surface area contributed by atoms with Gasteiger partial charge < -0.3 is 14.5 Å². The van der Waals surface area contributed by atoms with Crippen LogP contribution in [0.2, 0.25) is 0 Å². The highest BCUT2D eigenvalue weighted by Crippen LogP contribution is 2.30. The van der Waals surface area contributed by atoms with E-state index in [1.165, 1.54) is 12.3 Å². The fourth-order valence-corrected chi connectivity index (χ4v) is 2.91. The van der Waals surface area contributed by atoms with E-state index < -0.39 is 5.41 Å². The maximum Gasteiger partial charge on any atom is 0.231 e. The Morgan fingerprint density at radius 3 is 2.88 bits per heavy atom. The minimum absolute atomic E-state index is 0.0385. The fourth-order valence-electron chi connectivity index (χ4n) is 2.91. The summed E-state index contributed by atoms with van der Waals surface area (Å²) in [7, 11) is 0. The number of aromatic nitrogens is 3. The van der Waals surface area contributed by atoms with E-state index in [1.54, 1.807) is 6.20 Å². The quantitative estimate of drug-likeness (QED) is 0.910. The molecule has 1 saturated heterocycles. The number of rotatable bonds is 2. The first-order valence-corrected chi connectivity index (χ1v) is 8.12. The van der Waals surface area contributed by atoms with Gasteiger partial charge >= 0.3 is 0 Å². The molecule has 3 heterocycles. The van der Waals surface area contributed by atoms with Crippen LogP contribution in [0.4, 0.5) is 0 Å². The van der Waals surface area contributed by atoms with E-state index in [4.69, 9.17) is 4.52 Å². The largest absolute Gasteiger partial charge is 0.506 e. The molecule has 1 aliphatic heterocycles. The van der Waals surface area contributed by atoms with Gasteiger partial charge in [-0.15, -0.1) is 0 Å². The third-order valence-electron chi connectivity index (χ3n) is 4.12. The van der Waals surface area contributed by atoms with Crippen LogP contribution in [0.3, 0.4) is 0 Å². The molecule has 1 aliphatic rings. The lowest BCUT2D eigenvalue weighted by molar-refractivity contribution is -0.140. The Hall–Kier alpha value is -2.44. The Bertz CT molecular complexity index is 735. The Labute approximate surface area is 140 Å². The molecule has 7 heteroatoms. The van der Waals surface area contributed by atoms with Crippen LogP contribution in [0.1, 0.15) is 45.4 Å². The number of aromatic hydroxyl groups is 1. The molecule has 1 atom stereocenters. The lowest BCUT2D eigenvalue weighted by atomic mass is 9.91. The molecule has 24 heavy (non-hydrogen) atoms. The molecule has 0 radical (unpaired) electrons. The summed E-state index contributed by atoms with van der Waals surface area (Å²) in [6.07, 6.45) is 4.75. The average molecular weight is 330 g/mol. The van der Waals surface area contributed by atoms with E-state index in [-0.39, 0.29) is 17.6 Å². The van der Waals surface area contributed by atoms with Crippen LogP contribution in [-0.4, -0.2) is 44.1 Å². The number of carbonyl (C=O) groups excluding carboxylic acids is 1. The average Bonchev–Trinajstić information content (AvgIpc) is 3.03. The van der Waals surface area contributed by atoms with Gasteiger partial charge in [0.2, 0.25) is 17.6 Å². The topological polar surface area (TPSA) is 92.4 Å². The molecule has 7 nitrogen and oxygen atoms in total. The molecule has 0 spiro atoms. The van der Waals surface area contributed by atoms with Crippen LogP contribution in [0.25, 0.3) is 11.4 Å². The van der Waals surface area contributed by atoms with Crippen molar-refractivity contribution in [3.63, 3.8) is 0 Å². The van der Waals surface area contributed by atoms with Gasteiger partial charge in [-0.2, -0.15) is 4.98 Å². The highest BCUT2D eigenvalue weighted by Gasteiger charge is 2.33. The molecular weight excluding hydrogens is 308 g/mol. The van der Waals surface area contributed by atoms with Crippen LogP contribution in [0.15, 0.2) is 23.0 Å². The third-order valence-corrected chi connectivity index (χ3v) is 4.12. The molecule has 0 aromatic carbocycles. The van der Waals surface area contributed by atoms with Crippen molar-refractivity contribution < 1.29 is 14.4 Å². The first-order valence-electron chi connectivity index (χ1n) is 8.12. The van der Waals surface area contributed by atoms with Gasteiger partial charge in [0.05, 0.1) is 12.1 Å². The number of hydrogen-bond acceptors (Lipinski definition) is 6. The normalized spacial score (nSPS) is 18.6. The van der Waals surface area contributed by atoms with Gasteiger partial charge in [-0.05, 0) is 18.9 Å². The van der Waals surface area contributed by atoms with Gasteiger partial charge in [-0.1, -0.05) is 25.9 Å². The van der Waals surface area contributed by atoms with Gasteiger partial charge in [-0.3, -0.25) is 9.78 Å². The lowest BCUT2D eigenvalue weighted by Gasteiger charge is -2.35. The molecular formula is C17H22N4O3. The van der Waals surface area contributed by atoms with Gasteiger partial charge in [0.15, 0.2) is 0 Å². The highest BCUT2D eigenvalue weighted by molar-refractivity contribution is 5.81. The van der Waals surface area contributed by atoms with Crippen molar-refractivity contribution in [2.75, 3.05) is 13.1 Å². The molecule has 1 amide bonds. The number of pyridine rings is 1. The molecule has 2 aromatic heterocycles. The minimum atomic E-state index is -0.394. The molecule has 0 saturated carbocycles. The summed E-state index contributed by atoms with van der Waals surface area (Å²) in [5.41, 5.74) is 0.207. The van der Waals surface area contributed by atoms with Crippen LogP contribution in [-0.2, 0) is 4.79 Å². The second kappa shape index (κ2) is 6.22. The first-order chi connectivity index (χ1) is 11.3. The van der Waals surface area contributed by atoms with Gasteiger partial charge in [-0.25, -0.2) is 0 Å². The van der Waals surface area contributed by atoms with Crippen molar-refractivity contribution in [3.8, 4) is 17.1 Å². The summed E-state index contributed by atoms with van der Waals surface area (Å²) >= 11 is 0. The summed E-state index contributed by atoms with van der Waals surface area (Å²) < 4.78 is 5.40. The Morgan fingerprint density at radius 1 is 1.38 bits per heavy atom. The van der Waals surface area contributed by atoms with Crippen molar-refractivity contribution in [1.29, 1.82) is 0 Å². The van der Waals surface area contributed by atoms with Crippen LogP contribution in [0, 0.1) is 5.41 Å². The first kappa shape index (κ1) is 16.4. The summed E-state index contributed by atoms with van der Waals surface area (Å²) in [6, 6.07) is 1.54. The predicted molar refractivity (Wildman–Crippen MR) is 87.2 cm³/mol. The van der Waals surface area contributed by atoms with E-state index in [2.05, 4.69) is 15.1 Å². The molecule has 1 fully saturated rings. The van der Waals surface area contributed by atoms with Gasteiger partial charge in [0.25, 0.3) is 0 Å². The maximum atomic E-state index is 12.5. The Balaban J connectivity index is 1.76. The molecule has 1 N–H and O–H groups in total.